The van der Waals surface area contributed by atoms with Crippen LogP contribution in [0.2, 0.25) is 0 Å². The van der Waals surface area contributed by atoms with Gasteiger partial charge in [-0.1, -0.05) is 12.1 Å². The molecule has 2 aromatic rings. The fourth-order valence-electron chi connectivity index (χ4n) is 1.68. The summed E-state index contributed by atoms with van der Waals surface area (Å²) in [5.74, 6) is -1.08. The fourth-order valence-corrected chi connectivity index (χ4v) is 1.68. The van der Waals surface area contributed by atoms with E-state index >= 15 is 0 Å². The van der Waals surface area contributed by atoms with Crippen molar-refractivity contribution in [3.63, 3.8) is 0 Å². The first-order valence-electron chi connectivity index (χ1n) is 5.45. The molecule has 0 aliphatic rings. The highest BCUT2D eigenvalue weighted by atomic mass is 19.4. The van der Waals surface area contributed by atoms with Crippen LogP contribution in [0.3, 0.4) is 0 Å². The number of nitrogens with zero attached hydrogens (tertiary/aromatic N) is 1. The van der Waals surface area contributed by atoms with Crippen LogP contribution in [-0.4, -0.2) is 6.36 Å². The summed E-state index contributed by atoms with van der Waals surface area (Å²) in [6, 6.07) is 10.4. The largest absolute Gasteiger partial charge is 0.573 e. The Morgan fingerprint density at radius 1 is 1.05 bits per heavy atom. The zero-order chi connectivity index (χ0) is 14.8. The average Bonchev–Trinajstić information content (AvgIpc) is 2.37. The van der Waals surface area contributed by atoms with Crippen LogP contribution in [0.25, 0.3) is 11.1 Å². The second kappa shape index (κ2) is 5.21. The Balaban J connectivity index is 2.44. The van der Waals surface area contributed by atoms with E-state index in [9.17, 15) is 17.6 Å². The Morgan fingerprint density at radius 2 is 1.80 bits per heavy atom. The minimum Gasteiger partial charge on any atom is -0.406 e. The number of hydrogen-bond acceptors (Lipinski definition) is 2. The molecule has 0 saturated carbocycles. The first kappa shape index (κ1) is 13.9. The molecule has 0 aromatic heterocycles. The van der Waals surface area contributed by atoms with Crippen molar-refractivity contribution >= 4 is 0 Å². The van der Waals surface area contributed by atoms with E-state index in [0.29, 0.717) is 0 Å². The van der Waals surface area contributed by atoms with Gasteiger partial charge < -0.3 is 4.74 Å². The van der Waals surface area contributed by atoms with Crippen molar-refractivity contribution in [3.8, 4) is 22.9 Å². The first-order valence-corrected chi connectivity index (χ1v) is 5.45. The predicted molar refractivity (Wildman–Crippen MR) is 63.2 cm³/mol. The minimum absolute atomic E-state index is 0.0386. The Labute approximate surface area is 111 Å². The van der Waals surface area contributed by atoms with Gasteiger partial charge >= 0.3 is 6.36 Å². The number of hydrogen-bond donors (Lipinski definition) is 0. The molecule has 0 saturated heterocycles. The van der Waals surface area contributed by atoms with Crippen molar-refractivity contribution in [1.29, 1.82) is 5.26 Å². The normalized spacial score (nSPS) is 10.9. The molecule has 0 aliphatic carbocycles. The van der Waals surface area contributed by atoms with Crippen molar-refractivity contribution in [2.45, 2.75) is 6.36 Å². The van der Waals surface area contributed by atoms with E-state index in [4.69, 9.17) is 5.26 Å². The van der Waals surface area contributed by atoms with E-state index in [1.807, 2.05) is 6.07 Å². The standard InChI is InChI=1S/C14H7F4NO/c15-13-5-4-9(8-19)6-12(13)10-2-1-3-11(7-10)20-14(16,17)18/h1-7H. The lowest BCUT2D eigenvalue weighted by molar-refractivity contribution is -0.274. The lowest BCUT2D eigenvalue weighted by Gasteiger charge is -2.10. The highest BCUT2D eigenvalue weighted by Gasteiger charge is 2.31. The molecule has 0 unspecified atom stereocenters. The number of ether oxygens (including phenoxy) is 1. The number of nitriles is 1. The van der Waals surface area contributed by atoms with E-state index in [0.717, 1.165) is 18.2 Å². The molecule has 0 radical (unpaired) electrons. The molecule has 0 aliphatic heterocycles. The summed E-state index contributed by atoms with van der Waals surface area (Å²) < 4.78 is 53.9. The van der Waals surface area contributed by atoms with Crippen LogP contribution in [0.1, 0.15) is 5.56 Å². The van der Waals surface area contributed by atoms with Crippen LogP contribution < -0.4 is 4.74 Å². The quantitative estimate of drug-likeness (QED) is 0.770. The smallest absolute Gasteiger partial charge is 0.406 e. The van der Waals surface area contributed by atoms with E-state index in [-0.39, 0.29) is 16.7 Å². The molecule has 0 N–H and O–H groups in total. The molecule has 0 fully saturated rings. The lowest BCUT2D eigenvalue weighted by atomic mass is 10.0. The fraction of sp³-hybridized carbons (Fsp3) is 0.0714. The highest BCUT2D eigenvalue weighted by Crippen LogP contribution is 2.29. The van der Waals surface area contributed by atoms with Gasteiger partial charge in [0.1, 0.15) is 11.6 Å². The third kappa shape index (κ3) is 3.26. The van der Waals surface area contributed by atoms with Crippen molar-refractivity contribution < 1.29 is 22.3 Å². The number of alkyl halides is 3. The van der Waals surface area contributed by atoms with E-state index < -0.39 is 17.9 Å². The molecule has 0 amide bonds. The SMILES string of the molecule is N#Cc1ccc(F)c(-c2cccc(OC(F)(F)F)c2)c1. The third-order valence-corrected chi connectivity index (χ3v) is 2.47. The van der Waals surface area contributed by atoms with Crippen LogP contribution in [0.4, 0.5) is 17.6 Å². The molecule has 102 valence electrons. The first-order chi connectivity index (χ1) is 9.39. The van der Waals surface area contributed by atoms with E-state index in [1.165, 1.54) is 24.3 Å². The van der Waals surface area contributed by atoms with E-state index in [1.54, 1.807) is 0 Å². The molecule has 0 spiro atoms. The average molecular weight is 281 g/mol. The second-order valence-corrected chi connectivity index (χ2v) is 3.88. The maximum atomic E-state index is 13.7. The van der Waals surface area contributed by atoms with Crippen LogP contribution in [-0.2, 0) is 0 Å². The van der Waals surface area contributed by atoms with Crippen LogP contribution in [0.15, 0.2) is 42.5 Å². The van der Waals surface area contributed by atoms with E-state index in [2.05, 4.69) is 4.74 Å². The van der Waals surface area contributed by atoms with Gasteiger partial charge in [-0.3, -0.25) is 0 Å². The summed E-state index contributed by atoms with van der Waals surface area (Å²) in [6.07, 6.45) is -4.81. The van der Waals surface area contributed by atoms with Gasteiger partial charge in [0.2, 0.25) is 0 Å². The van der Waals surface area contributed by atoms with Gasteiger partial charge in [0.15, 0.2) is 0 Å². The van der Waals surface area contributed by atoms with Gasteiger partial charge in [-0.2, -0.15) is 5.26 Å². The monoisotopic (exact) mass is 281 g/mol. The van der Waals surface area contributed by atoms with Gasteiger partial charge in [0.05, 0.1) is 11.6 Å². The second-order valence-electron chi connectivity index (χ2n) is 3.88. The van der Waals surface area contributed by atoms with Gasteiger partial charge in [0, 0.05) is 5.56 Å². The summed E-state index contributed by atoms with van der Waals surface area (Å²) in [5, 5.41) is 8.76. The molecule has 20 heavy (non-hydrogen) atoms. The topological polar surface area (TPSA) is 33.0 Å². The summed E-state index contributed by atoms with van der Waals surface area (Å²) in [5.41, 5.74) is 0.446. The van der Waals surface area contributed by atoms with Gasteiger partial charge in [-0.05, 0) is 35.9 Å². The summed E-state index contributed by atoms with van der Waals surface area (Å²) in [7, 11) is 0. The number of halogens is 4. The molecule has 6 heteroatoms. The summed E-state index contributed by atoms with van der Waals surface area (Å²) in [6.45, 7) is 0. The Hall–Kier alpha value is -2.55. The van der Waals surface area contributed by atoms with Gasteiger partial charge in [-0.15, -0.1) is 13.2 Å². The number of rotatable bonds is 2. The molecule has 2 nitrogen and oxygen atoms in total. The van der Waals surface area contributed by atoms with Crippen molar-refractivity contribution in [1.82, 2.24) is 0 Å². The Morgan fingerprint density at radius 3 is 2.45 bits per heavy atom. The van der Waals surface area contributed by atoms with Crippen molar-refractivity contribution in [2.24, 2.45) is 0 Å². The van der Waals surface area contributed by atoms with Gasteiger partial charge in [0.25, 0.3) is 0 Å². The van der Waals surface area contributed by atoms with Crippen molar-refractivity contribution in [3.05, 3.63) is 53.8 Å². The summed E-state index contributed by atoms with van der Waals surface area (Å²) >= 11 is 0. The highest BCUT2D eigenvalue weighted by molar-refractivity contribution is 5.67. The van der Waals surface area contributed by atoms with Crippen molar-refractivity contribution in [2.75, 3.05) is 0 Å². The Kier molecular flexibility index (Phi) is 3.61. The zero-order valence-electron chi connectivity index (χ0n) is 9.91. The Bertz CT molecular complexity index is 674. The maximum absolute atomic E-state index is 13.7. The van der Waals surface area contributed by atoms with Crippen LogP contribution >= 0.6 is 0 Å². The molecular weight excluding hydrogens is 274 g/mol. The molecular formula is C14H7F4NO. The summed E-state index contributed by atoms with van der Waals surface area (Å²) in [4.78, 5) is 0. The van der Waals surface area contributed by atoms with Crippen LogP contribution in [0, 0.1) is 17.1 Å². The van der Waals surface area contributed by atoms with Gasteiger partial charge in [-0.25, -0.2) is 4.39 Å². The molecule has 2 rings (SSSR count). The van der Waals surface area contributed by atoms with Crippen LogP contribution in [0.5, 0.6) is 5.75 Å². The minimum atomic E-state index is -4.81. The third-order valence-electron chi connectivity index (χ3n) is 2.47. The zero-order valence-corrected chi connectivity index (χ0v) is 9.91. The predicted octanol–water partition coefficient (Wildman–Crippen LogP) is 4.26. The number of benzene rings is 2. The molecule has 0 heterocycles. The molecule has 2 aromatic carbocycles. The maximum Gasteiger partial charge on any atom is 0.573 e. The molecule has 0 bridgehead atoms. The lowest BCUT2D eigenvalue weighted by Crippen LogP contribution is -2.17. The molecule has 0 atom stereocenters.